The SMILES string of the molecule is O=C(Cc1ccc(-n2cccn2)cc1)[C@H]1CC12CCC(c1ccnc3ccc(F)cc13)CC2. The molecule has 0 unspecified atom stereocenters. The summed E-state index contributed by atoms with van der Waals surface area (Å²) in [5.74, 6) is 0.760. The molecule has 1 spiro atoms. The van der Waals surface area contributed by atoms with Crippen LogP contribution in [0.15, 0.2) is 73.2 Å². The Morgan fingerprint density at radius 3 is 2.64 bits per heavy atom. The van der Waals surface area contributed by atoms with Crippen LogP contribution < -0.4 is 0 Å². The van der Waals surface area contributed by atoms with Gasteiger partial charge in [-0.3, -0.25) is 9.78 Å². The van der Waals surface area contributed by atoms with Gasteiger partial charge in [-0.1, -0.05) is 12.1 Å². The molecule has 0 saturated heterocycles. The number of carbonyl (C=O) groups excluding carboxylic acids is 1. The molecule has 2 aromatic carbocycles. The Labute approximate surface area is 192 Å². The standard InChI is InChI=1S/C28H26FN3O/c29-21-4-7-26-24(17-21)23(10-14-30-26)20-8-11-28(12-9-20)18-25(28)27(33)16-19-2-5-22(6-3-19)32-15-1-13-31-32/h1-7,10,13-15,17,20,25H,8-9,11-12,16,18H2/t20?,25-,28?/m1/s1. The van der Waals surface area contributed by atoms with Gasteiger partial charge in [0.05, 0.1) is 11.2 Å². The van der Waals surface area contributed by atoms with Gasteiger partial charge in [0, 0.05) is 36.3 Å². The van der Waals surface area contributed by atoms with Crippen molar-refractivity contribution in [1.29, 1.82) is 0 Å². The Morgan fingerprint density at radius 1 is 1.06 bits per heavy atom. The molecule has 0 radical (unpaired) electrons. The number of carbonyl (C=O) groups is 1. The van der Waals surface area contributed by atoms with E-state index >= 15 is 0 Å². The lowest BCUT2D eigenvalue weighted by molar-refractivity contribution is -0.120. The van der Waals surface area contributed by atoms with E-state index in [1.54, 1.807) is 18.3 Å². The molecule has 0 bridgehead atoms. The number of pyridine rings is 1. The van der Waals surface area contributed by atoms with Crippen molar-refractivity contribution in [2.75, 3.05) is 0 Å². The molecular formula is C28H26FN3O. The number of ketones is 1. The first-order valence-electron chi connectivity index (χ1n) is 11.8. The Balaban J connectivity index is 1.10. The Hall–Kier alpha value is -3.34. The van der Waals surface area contributed by atoms with Gasteiger partial charge in [0.2, 0.25) is 0 Å². The summed E-state index contributed by atoms with van der Waals surface area (Å²) < 4.78 is 15.7. The zero-order valence-electron chi connectivity index (χ0n) is 18.5. The highest BCUT2D eigenvalue weighted by molar-refractivity contribution is 5.87. The molecule has 4 nitrogen and oxygen atoms in total. The van der Waals surface area contributed by atoms with Gasteiger partial charge in [-0.05, 0) is 97.0 Å². The van der Waals surface area contributed by atoms with E-state index in [-0.39, 0.29) is 17.2 Å². The predicted octanol–water partition coefficient (Wildman–Crippen LogP) is 6.04. The summed E-state index contributed by atoms with van der Waals surface area (Å²) in [6, 6.07) is 16.9. The Kier molecular flexibility index (Phi) is 4.86. The summed E-state index contributed by atoms with van der Waals surface area (Å²) in [6.07, 6.45) is 11.3. The third-order valence-corrected chi connectivity index (χ3v) is 7.82. The second-order valence-electron chi connectivity index (χ2n) is 9.72. The Morgan fingerprint density at radius 2 is 1.88 bits per heavy atom. The fraction of sp³-hybridized carbons (Fsp3) is 0.321. The van der Waals surface area contributed by atoms with Crippen molar-refractivity contribution >= 4 is 16.7 Å². The fourth-order valence-electron chi connectivity index (χ4n) is 5.87. The second-order valence-corrected chi connectivity index (χ2v) is 9.72. The molecular weight excluding hydrogens is 413 g/mol. The number of fused-ring (bicyclic) bond motifs is 1. The molecule has 4 aromatic rings. The van der Waals surface area contributed by atoms with Gasteiger partial charge in [-0.25, -0.2) is 9.07 Å². The number of nitrogens with zero attached hydrogens (tertiary/aromatic N) is 3. The highest BCUT2D eigenvalue weighted by Gasteiger charge is 2.57. The van der Waals surface area contributed by atoms with Crippen molar-refractivity contribution in [3.63, 3.8) is 0 Å². The summed E-state index contributed by atoms with van der Waals surface area (Å²) in [5.41, 5.74) is 4.32. The topological polar surface area (TPSA) is 47.8 Å². The third-order valence-electron chi connectivity index (χ3n) is 7.82. The van der Waals surface area contributed by atoms with Crippen LogP contribution in [-0.2, 0) is 11.2 Å². The lowest BCUT2D eigenvalue weighted by Gasteiger charge is -2.30. The van der Waals surface area contributed by atoms with E-state index in [1.807, 2.05) is 53.5 Å². The van der Waals surface area contributed by atoms with E-state index < -0.39 is 0 Å². The molecule has 0 N–H and O–H groups in total. The summed E-state index contributed by atoms with van der Waals surface area (Å²) in [4.78, 5) is 17.5. The van der Waals surface area contributed by atoms with E-state index in [4.69, 9.17) is 0 Å². The maximum atomic E-state index is 13.9. The minimum atomic E-state index is -0.213. The molecule has 0 amide bonds. The normalized spacial score (nSPS) is 24.3. The Bertz CT molecular complexity index is 1300. The lowest BCUT2D eigenvalue weighted by atomic mass is 9.74. The van der Waals surface area contributed by atoms with Crippen LogP contribution in [0.2, 0.25) is 0 Å². The van der Waals surface area contributed by atoms with Gasteiger partial charge < -0.3 is 0 Å². The molecule has 33 heavy (non-hydrogen) atoms. The molecule has 166 valence electrons. The number of hydrogen-bond acceptors (Lipinski definition) is 3. The van der Waals surface area contributed by atoms with Crippen molar-refractivity contribution in [2.24, 2.45) is 11.3 Å². The van der Waals surface area contributed by atoms with E-state index in [0.29, 0.717) is 18.1 Å². The van der Waals surface area contributed by atoms with E-state index in [2.05, 4.69) is 10.1 Å². The quantitative estimate of drug-likeness (QED) is 0.381. The molecule has 2 heterocycles. The van der Waals surface area contributed by atoms with Gasteiger partial charge in [0.15, 0.2) is 0 Å². The highest BCUT2D eigenvalue weighted by Crippen LogP contribution is 2.63. The van der Waals surface area contributed by atoms with Gasteiger partial charge in [0.25, 0.3) is 0 Å². The average molecular weight is 440 g/mol. The summed E-state index contributed by atoms with van der Waals surface area (Å²) >= 11 is 0. The molecule has 2 aliphatic carbocycles. The number of hydrogen-bond donors (Lipinski definition) is 0. The van der Waals surface area contributed by atoms with Crippen LogP contribution in [0.25, 0.3) is 16.6 Å². The molecule has 2 saturated carbocycles. The van der Waals surface area contributed by atoms with Crippen LogP contribution in [0.3, 0.4) is 0 Å². The third kappa shape index (κ3) is 3.75. The predicted molar refractivity (Wildman–Crippen MR) is 126 cm³/mol. The first-order valence-corrected chi connectivity index (χ1v) is 11.8. The van der Waals surface area contributed by atoms with Crippen molar-refractivity contribution in [1.82, 2.24) is 14.8 Å². The minimum absolute atomic E-state index is 0.191. The average Bonchev–Trinajstić information content (AvgIpc) is 3.26. The molecule has 6 rings (SSSR count). The van der Waals surface area contributed by atoms with E-state index in [1.165, 1.54) is 11.6 Å². The van der Waals surface area contributed by atoms with Crippen molar-refractivity contribution in [2.45, 2.75) is 44.4 Å². The number of rotatable bonds is 5. The maximum absolute atomic E-state index is 13.9. The smallest absolute Gasteiger partial charge is 0.140 e. The van der Waals surface area contributed by atoms with Crippen LogP contribution in [0.1, 0.15) is 49.1 Å². The number of aromatic nitrogens is 3. The maximum Gasteiger partial charge on any atom is 0.140 e. The van der Waals surface area contributed by atoms with Gasteiger partial charge in [-0.2, -0.15) is 5.10 Å². The lowest BCUT2D eigenvalue weighted by Crippen LogP contribution is -2.20. The van der Waals surface area contributed by atoms with E-state index in [0.717, 1.165) is 54.3 Å². The van der Waals surface area contributed by atoms with Crippen LogP contribution in [0, 0.1) is 17.2 Å². The second kappa shape index (κ2) is 7.91. The first kappa shape index (κ1) is 20.3. The van der Waals surface area contributed by atoms with Crippen molar-refractivity contribution in [3.05, 3.63) is 90.1 Å². The van der Waals surface area contributed by atoms with Gasteiger partial charge in [0.1, 0.15) is 11.6 Å². The number of Topliss-reactive ketones (excluding diaryl/α,β-unsaturated/α-hetero) is 1. The minimum Gasteiger partial charge on any atom is -0.299 e. The monoisotopic (exact) mass is 439 g/mol. The van der Waals surface area contributed by atoms with Gasteiger partial charge in [-0.15, -0.1) is 0 Å². The van der Waals surface area contributed by atoms with Crippen molar-refractivity contribution < 1.29 is 9.18 Å². The van der Waals surface area contributed by atoms with Crippen LogP contribution >= 0.6 is 0 Å². The first-order chi connectivity index (χ1) is 16.1. The largest absolute Gasteiger partial charge is 0.299 e. The fourth-order valence-corrected chi connectivity index (χ4v) is 5.87. The molecule has 2 aliphatic rings. The van der Waals surface area contributed by atoms with E-state index in [9.17, 15) is 9.18 Å². The zero-order valence-corrected chi connectivity index (χ0v) is 18.5. The summed E-state index contributed by atoms with van der Waals surface area (Å²) in [5, 5.41) is 5.18. The summed E-state index contributed by atoms with van der Waals surface area (Å²) in [7, 11) is 0. The highest BCUT2D eigenvalue weighted by atomic mass is 19.1. The zero-order chi connectivity index (χ0) is 22.4. The number of benzene rings is 2. The van der Waals surface area contributed by atoms with Crippen LogP contribution in [0.4, 0.5) is 4.39 Å². The molecule has 5 heteroatoms. The molecule has 2 aromatic heterocycles. The molecule has 1 atom stereocenters. The van der Waals surface area contributed by atoms with Crippen LogP contribution in [0.5, 0.6) is 0 Å². The van der Waals surface area contributed by atoms with Crippen molar-refractivity contribution in [3.8, 4) is 5.69 Å². The van der Waals surface area contributed by atoms with Gasteiger partial charge >= 0.3 is 0 Å². The molecule has 2 fully saturated rings. The summed E-state index contributed by atoms with van der Waals surface area (Å²) in [6.45, 7) is 0. The van der Waals surface area contributed by atoms with Crippen LogP contribution in [-0.4, -0.2) is 20.5 Å². The molecule has 0 aliphatic heterocycles. The number of halogens is 1.